The van der Waals surface area contributed by atoms with Crippen molar-refractivity contribution in [3.05, 3.63) is 21.4 Å². The predicted molar refractivity (Wildman–Crippen MR) is 54.5 cm³/mol. The van der Waals surface area contributed by atoms with Crippen LogP contribution in [0.2, 0.25) is 0 Å². The van der Waals surface area contributed by atoms with Crippen molar-refractivity contribution >= 4 is 33.0 Å². The van der Waals surface area contributed by atoms with Crippen LogP contribution in [-0.4, -0.2) is 11.1 Å². The van der Waals surface area contributed by atoms with Crippen molar-refractivity contribution in [1.82, 2.24) is 0 Å². The van der Waals surface area contributed by atoms with Gasteiger partial charge in [0.2, 0.25) is 0 Å². The standard InChI is InChI=1S/C9H9BrOS/c10-5-7(11)9-4-6-2-1-3-8(6)12-9/h4H,1-3,5H2. The van der Waals surface area contributed by atoms with E-state index in [0.717, 1.165) is 4.88 Å². The first-order chi connectivity index (χ1) is 5.81. The van der Waals surface area contributed by atoms with Crippen LogP contribution in [0.3, 0.4) is 0 Å². The summed E-state index contributed by atoms with van der Waals surface area (Å²) in [6, 6.07) is 2.07. The molecule has 1 aliphatic rings. The molecule has 1 heterocycles. The number of hydrogen-bond acceptors (Lipinski definition) is 2. The van der Waals surface area contributed by atoms with Crippen molar-refractivity contribution in [2.45, 2.75) is 19.3 Å². The van der Waals surface area contributed by atoms with Crippen LogP contribution in [0.5, 0.6) is 0 Å². The maximum Gasteiger partial charge on any atom is 0.183 e. The average molecular weight is 245 g/mol. The number of halogens is 1. The van der Waals surface area contributed by atoms with Gasteiger partial charge in [-0.05, 0) is 30.9 Å². The molecule has 0 saturated heterocycles. The Morgan fingerprint density at radius 1 is 1.58 bits per heavy atom. The number of ketones is 1. The second kappa shape index (κ2) is 3.30. The quantitative estimate of drug-likeness (QED) is 0.578. The summed E-state index contributed by atoms with van der Waals surface area (Å²) >= 11 is 4.86. The van der Waals surface area contributed by atoms with Crippen molar-refractivity contribution in [1.29, 1.82) is 0 Å². The molecule has 1 aromatic rings. The van der Waals surface area contributed by atoms with Crippen LogP contribution in [0.15, 0.2) is 6.07 Å². The summed E-state index contributed by atoms with van der Waals surface area (Å²) in [5, 5.41) is 0.451. The molecule has 0 bridgehead atoms. The molecule has 0 amide bonds. The molecule has 1 aliphatic carbocycles. The third-order valence-corrected chi connectivity index (χ3v) is 3.93. The molecule has 1 nitrogen and oxygen atoms in total. The smallest absolute Gasteiger partial charge is 0.183 e. The molecule has 12 heavy (non-hydrogen) atoms. The average Bonchev–Trinajstić information content (AvgIpc) is 2.60. The van der Waals surface area contributed by atoms with Gasteiger partial charge in [0.25, 0.3) is 0 Å². The Balaban J connectivity index is 2.31. The van der Waals surface area contributed by atoms with Crippen LogP contribution in [0.1, 0.15) is 26.5 Å². The van der Waals surface area contributed by atoms with Crippen LogP contribution in [0.25, 0.3) is 0 Å². The summed E-state index contributed by atoms with van der Waals surface area (Å²) in [4.78, 5) is 13.6. The van der Waals surface area contributed by atoms with E-state index in [4.69, 9.17) is 0 Å². The van der Waals surface area contributed by atoms with E-state index in [0.29, 0.717) is 5.33 Å². The molecule has 0 aliphatic heterocycles. The molecule has 0 spiro atoms. The summed E-state index contributed by atoms with van der Waals surface area (Å²) in [7, 11) is 0. The van der Waals surface area contributed by atoms with E-state index >= 15 is 0 Å². The highest BCUT2D eigenvalue weighted by Crippen LogP contribution is 2.30. The van der Waals surface area contributed by atoms with Gasteiger partial charge < -0.3 is 0 Å². The molecule has 0 N–H and O–H groups in total. The molecule has 0 fully saturated rings. The molecule has 1 aromatic heterocycles. The Hall–Kier alpha value is -0.150. The topological polar surface area (TPSA) is 17.1 Å². The van der Waals surface area contributed by atoms with Gasteiger partial charge in [-0.15, -0.1) is 11.3 Å². The van der Waals surface area contributed by atoms with Crippen LogP contribution < -0.4 is 0 Å². The van der Waals surface area contributed by atoms with Crippen molar-refractivity contribution in [2.75, 3.05) is 5.33 Å². The fourth-order valence-electron chi connectivity index (χ4n) is 1.53. The van der Waals surface area contributed by atoms with E-state index in [-0.39, 0.29) is 5.78 Å². The van der Waals surface area contributed by atoms with E-state index in [1.54, 1.807) is 11.3 Å². The molecule has 64 valence electrons. The Bertz CT molecular complexity index is 295. The van der Waals surface area contributed by atoms with Crippen LogP contribution in [0.4, 0.5) is 0 Å². The first-order valence-corrected chi connectivity index (χ1v) is 5.96. The fraction of sp³-hybridized carbons (Fsp3) is 0.444. The summed E-state index contributed by atoms with van der Waals surface area (Å²) in [6.07, 6.45) is 3.61. The highest BCUT2D eigenvalue weighted by molar-refractivity contribution is 9.09. The normalized spacial score (nSPS) is 14.8. The van der Waals surface area contributed by atoms with Gasteiger partial charge in [-0.1, -0.05) is 15.9 Å². The summed E-state index contributed by atoms with van der Waals surface area (Å²) in [6.45, 7) is 0. The van der Waals surface area contributed by atoms with Gasteiger partial charge in [0, 0.05) is 4.88 Å². The Labute approximate surface area is 83.9 Å². The van der Waals surface area contributed by atoms with Gasteiger partial charge in [0.05, 0.1) is 10.2 Å². The van der Waals surface area contributed by atoms with E-state index < -0.39 is 0 Å². The number of fused-ring (bicyclic) bond motifs is 1. The first kappa shape index (κ1) is 8.45. The third-order valence-electron chi connectivity index (χ3n) is 2.14. The molecular formula is C9H9BrOS. The highest BCUT2D eigenvalue weighted by Gasteiger charge is 2.17. The number of aryl methyl sites for hydroxylation is 2. The van der Waals surface area contributed by atoms with Gasteiger partial charge in [-0.2, -0.15) is 0 Å². The van der Waals surface area contributed by atoms with Gasteiger partial charge >= 0.3 is 0 Å². The number of Topliss-reactive ketones (excluding diaryl/α,β-unsaturated/α-hetero) is 1. The lowest BCUT2D eigenvalue weighted by molar-refractivity contribution is 0.102. The second-order valence-electron chi connectivity index (χ2n) is 2.97. The Morgan fingerprint density at radius 2 is 2.42 bits per heavy atom. The van der Waals surface area contributed by atoms with Gasteiger partial charge in [0.15, 0.2) is 5.78 Å². The van der Waals surface area contributed by atoms with E-state index in [9.17, 15) is 4.79 Å². The molecule has 2 rings (SSSR count). The largest absolute Gasteiger partial charge is 0.292 e. The number of thiophene rings is 1. The van der Waals surface area contributed by atoms with E-state index in [1.165, 1.54) is 29.7 Å². The number of alkyl halides is 1. The zero-order valence-electron chi connectivity index (χ0n) is 6.60. The SMILES string of the molecule is O=C(CBr)c1cc2c(s1)CCC2. The highest BCUT2D eigenvalue weighted by atomic mass is 79.9. The van der Waals surface area contributed by atoms with Crippen molar-refractivity contribution in [3.63, 3.8) is 0 Å². The van der Waals surface area contributed by atoms with Crippen molar-refractivity contribution in [2.24, 2.45) is 0 Å². The molecular weight excluding hydrogens is 236 g/mol. The first-order valence-electron chi connectivity index (χ1n) is 4.02. The Kier molecular flexibility index (Phi) is 2.33. The number of carbonyl (C=O) groups is 1. The van der Waals surface area contributed by atoms with Crippen molar-refractivity contribution < 1.29 is 4.79 Å². The minimum absolute atomic E-state index is 0.217. The van der Waals surface area contributed by atoms with Crippen LogP contribution in [-0.2, 0) is 12.8 Å². The molecule has 3 heteroatoms. The zero-order chi connectivity index (χ0) is 8.55. The minimum atomic E-state index is 0.217. The maximum absolute atomic E-state index is 11.3. The summed E-state index contributed by atoms with van der Waals surface area (Å²) < 4.78 is 0. The lowest BCUT2D eigenvalue weighted by Crippen LogP contribution is -1.95. The minimum Gasteiger partial charge on any atom is -0.292 e. The zero-order valence-corrected chi connectivity index (χ0v) is 9.00. The summed E-state index contributed by atoms with van der Waals surface area (Å²) in [5.74, 6) is 0.217. The van der Waals surface area contributed by atoms with E-state index in [1.807, 2.05) is 0 Å². The van der Waals surface area contributed by atoms with Gasteiger partial charge in [-0.3, -0.25) is 4.79 Å². The van der Waals surface area contributed by atoms with Crippen molar-refractivity contribution in [3.8, 4) is 0 Å². The fourth-order valence-corrected chi connectivity index (χ4v) is 3.21. The Morgan fingerprint density at radius 3 is 3.08 bits per heavy atom. The molecule has 0 saturated carbocycles. The second-order valence-corrected chi connectivity index (χ2v) is 4.67. The van der Waals surface area contributed by atoms with Gasteiger partial charge in [-0.25, -0.2) is 0 Å². The van der Waals surface area contributed by atoms with Crippen LogP contribution >= 0.6 is 27.3 Å². The molecule has 0 unspecified atom stereocenters. The summed E-state index contributed by atoms with van der Waals surface area (Å²) in [5.41, 5.74) is 1.41. The predicted octanol–water partition coefficient (Wildman–Crippen LogP) is 2.81. The third kappa shape index (κ3) is 1.36. The molecule has 0 atom stereocenters. The number of carbonyl (C=O) groups excluding carboxylic acids is 1. The van der Waals surface area contributed by atoms with Crippen LogP contribution in [0, 0.1) is 0 Å². The molecule has 0 radical (unpaired) electrons. The maximum atomic E-state index is 11.3. The lowest BCUT2D eigenvalue weighted by atomic mass is 10.2. The monoisotopic (exact) mass is 244 g/mol. The number of hydrogen-bond donors (Lipinski definition) is 0. The van der Waals surface area contributed by atoms with E-state index in [2.05, 4.69) is 22.0 Å². The molecule has 0 aromatic carbocycles. The number of rotatable bonds is 2. The van der Waals surface area contributed by atoms with Gasteiger partial charge in [0.1, 0.15) is 0 Å². The lowest BCUT2D eigenvalue weighted by Gasteiger charge is -1.89.